The second-order valence-electron chi connectivity index (χ2n) is 5.74. The number of carboxylic acids is 1. The van der Waals surface area contributed by atoms with Gasteiger partial charge in [-0.3, -0.25) is 9.59 Å². The third kappa shape index (κ3) is 5.31. The fourth-order valence-electron chi connectivity index (χ4n) is 2.28. The van der Waals surface area contributed by atoms with E-state index in [4.69, 9.17) is 9.84 Å². The van der Waals surface area contributed by atoms with Gasteiger partial charge >= 0.3 is 5.97 Å². The van der Waals surface area contributed by atoms with E-state index in [0.717, 1.165) is 5.56 Å². The predicted molar refractivity (Wildman–Crippen MR) is 93.4 cm³/mol. The van der Waals surface area contributed by atoms with Crippen molar-refractivity contribution in [3.63, 3.8) is 0 Å². The molecule has 0 spiro atoms. The first kappa shape index (κ1) is 18.4. The molecule has 2 aromatic rings. The zero-order chi connectivity index (χ0) is 18.2. The molecule has 2 rings (SSSR count). The minimum atomic E-state index is -1.04. The van der Waals surface area contributed by atoms with Gasteiger partial charge in [-0.05, 0) is 25.0 Å². The van der Waals surface area contributed by atoms with Crippen molar-refractivity contribution in [3.8, 4) is 5.88 Å². The fraction of sp³-hybridized carbons (Fsp3) is 0.316. The summed E-state index contributed by atoms with van der Waals surface area (Å²) in [6.45, 7) is 3.79. The Kier molecular flexibility index (Phi) is 6.51. The number of benzene rings is 1. The lowest BCUT2D eigenvalue weighted by Crippen LogP contribution is -2.41. The van der Waals surface area contributed by atoms with Gasteiger partial charge in [-0.25, -0.2) is 4.98 Å². The molecule has 6 heteroatoms. The first-order valence-electron chi connectivity index (χ1n) is 8.16. The maximum absolute atomic E-state index is 12.6. The van der Waals surface area contributed by atoms with Crippen LogP contribution in [0, 0.1) is 0 Å². The molecule has 25 heavy (non-hydrogen) atoms. The van der Waals surface area contributed by atoms with Crippen molar-refractivity contribution in [1.82, 2.24) is 9.88 Å². The van der Waals surface area contributed by atoms with Crippen LogP contribution in [-0.2, 0) is 11.4 Å². The van der Waals surface area contributed by atoms with Crippen LogP contribution in [0.3, 0.4) is 0 Å². The molecule has 1 atom stereocenters. The number of carbonyl (C=O) groups excluding carboxylic acids is 1. The first-order valence-corrected chi connectivity index (χ1v) is 8.16. The van der Waals surface area contributed by atoms with Gasteiger partial charge in [-0.2, -0.15) is 0 Å². The van der Waals surface area contributed by atoms with E-state index in [9.17, 15) is 9.59 Å². The van der Waals surface area contributed by atoms with Crippen molar-refractivity contribution >= 4 is 11.9 Å². The zero-order valence-corrected chi connectivity index (χ0v) is 14.4. The van der Waals surface area contributed by atoms with E-state index < -0.39 is 5.97 Å². The van der Waals surface area contributed by atoms with E-state index in [1.807, 2.05) is 44.2 Å². The molecule has 1 aromatic carbocycles. The lowest BCUT2D eigenvalue weighted by molar-refractivity contribution is -0.138. The van der Waals surface area contributed by atoms with Gasteiger partial charge in [0.1, 0.15) is 13.2 Å². The maximum Gasteiger partial charge on any atom is 0.323 e. The average molecular weight is 342 g/mol. The Morgan fingerprint density at radius 1 is 1.20 bits per heavy atom. The van der Waals surface area contributed by atoms with E-state index in [1.165, 1.54) is 11.1 Å². The molecule has 132 valence electrons. The van der Waals surface area contributed by atoms with Crippen molar-refractivity contribution in [1.29, 1.82) is 0 Å². The normalized spacial score (nSPS) is 11.6. The third-order valence-corrected chi connectivity index (χ3v) is 3.90. The number of pyridine rings is 1. The van der Waals surface area contributed by atoms with Crippen LogP contribution in [0.1, 0.15) is 36.2 Å². The second kappa shape index (κ2) is 8.82. The molecule has 1 amide bonds. The van der Waals surface area contributed by atoms with Crippen molar-refractivity contribution in [3.05, 3.63) is 59.8 Å². The summed E-state index contributed by atoms with van der Waals surface area (Å²) in [4.78, 5) is 29.0. The van der Waals surface area contributed by atoms with Crippen LogP contribution in [0.5, 0.6) is 5.88 Å². The SMILES string of the molecule is CCC(C)N(CC(=O)O)C(=O)c1ccc(OCc2ccccc2)nc1. The number of aliphatic carboxylic acids is 1. The van der Waals surface area contributed by atoms with Gasteiger partial charge in [0.15, 0.2) is 0 Å². The van der Waals surface area contributed by atoms with Crippen LogP contribution >= 0.6 is 0 Å². The minimum Gasteiger partial charge on any atom is -0.480 e. The van der Waals surface area contributed by atoms with E-state index in [0.29, 0.717) is 24.5 Å². The molecule has 0 aliphatic heterocycles. The highest BCUT2D eigenvalue weighted by Gasteiger charge is 2.23. The van der Waals surface area contributed by atoms with Crippen LogP contribution in [-0.4, -0.2) is 39.5 Å². The molecule has 0 bridgehead atoms. The predicted octanol–water partition coefficient (Wildman–Crippen LogP) is 2.99. The highest BCUT2D eigenvalue weighted by molar-refractivity contribution is 5.95. The lowest BCUT2D eigenvalue weighted by atomic mass is 10.1. The molecule has 6 nitrogen and oxygen atoms in total. The summed E-state index contributed by atoms with van der Waals surface area (Å²) in [5, 5.41) is 9.02. The number of aromatic nitrogens is 1. The van der Waals surface area contributed by atoms with Crippen LogP contribution in [0.15, 0.2) is 48.7 Å². The molecule has 1 unspecified atom stereocenters. The van der Waals surface area contributed by atoms with Gasteiger partial charge in [0.2, 0.25) is 5.88 Å². The number of amides is 1. The molecular formula is C19H22N2O4. The van der Waals surface area contributed by atoms with Crippen molar-refractivity contribution < 1.29 is 19.4 Å². The Bertz CT molecular complexity index is 701. The molecule has 0 radical (unpaired) electrons. The largest absolute Gasteiger partial charge is 0.480 e. The molecule has 0 aliphatic carbocycles. The molecule has 1 aromatic heterocycles. The number of hydrogen-bond acceptors (Lipinski definition) is 4. The topological polar surface area (TPSA) is 79.7 Å². The molecule has 1 heterocycles. The summed E-state index contributed by atoms with van der Waals surface area (Å²) in [5.41, 5.74) is 1.36. The summed E-state index contributed by atoms with van der Waals surface area (Å²) in [5.74, 6) is -0.975. The highest BCUT2D eigenvalue weighted by atomic mass is 16.5. The van der Waals surface area contributed by atoms with Crippen LogP contribution < -0.4 is 4.74 Å². The number of ether oxygens (including phenoxy) is 1. The lowest BCUT2D eigenvalue weighted by Gasteiger charge is -2.26. The monoisotopic (exact) mass is 342 g/mol. The van der Waals surface area contributed by atoms with Gasteiger partial charge in [0, 0.05) is 18.3 Å². The Labute approximate surface area is 147 Å². The number of carbonyl (C=O) groups is 2. The number of hydrogen-bond donors (Lipinski definition) is 1. The van der Waals surface area contributed by atoms with Gasteiger partial charge in [-0.1, -0.05) is 37.3 Å². The first-order chi connectivity index (χ1) is 12.0. The average Bonchev–Trinajstić information content (AvgIpc) is 2.64. The van der Waals surface area contributed by atoms with Gasteiger partial charge in [0.25, 0.3) is 5.91 Å². The highest BCUT2D eigenvalue weighted by Crippen LogP contribution is 2.14. The Morgan fingerprint density at radius 2 is 1.92 bits per heavy atom. The maximum atomic E-state index is 12.6. The van der Waals surface area contributed by atoms with Crippen LogP contribution in [0.2, 0.25) is 0 Å². The van der Waals surface area contributed by atoms with E-state index in [2.05, 4.69) is 4.98 Å². The molecule has 1 N–H and O–H groups in total. The Hall–Kier alpha value is -2.89. The van der Waals surface area contributed by atoms with Gasteiger partial charge < -0.3 is 14.7 Å². The van der Waals surface area contributed by atoms with Gasteiger partial charge in [0.05, 0.1) is 5.56 Å². The zero-order valence-electron chi connectivity index (χ0n) is 14.4. The van der Waals surface area contributed by atoms with Crippen LogP contribution in [0.25, 0.3) is 0 Å². The Balaban J connectivity index is 2.04. The summed E-state index contributed by atoms with van der Waals surface area (Å²) in [7, 11) is 0. The molecular weight excluding hydrogens is 320 g/mol. The molecule has 0 aliphatic rings. The summed E-state index contributed by atoms with van der Waals surface area (Å²) >= 11 is 0. The molecule has 0 fully saturated rings. The second-order valence-corrected chi connectivity index (χ2v) is 5.74. The summed E-state index contributed by atoms with van der Waals surface area (Å²) < 4.78 is 5.59. The quantitative estimate of drug-likeness (QED) is 0.798. The number of rotatable bonds is 8. The van der Waals surface area contributed by atoms with Gasteiger partial charge in [-0.15, -0.1) is 0 Å². The molecule has 0 saturated carbocycles. The van der Waals surface area contributed by atoms with Crippen molar-refractivity contribution in [2.24, 2.45) is 0 Å². The Morgan fingerprint density at radius 3 is 2.48 bits per heavy atom. The van der Waals surface area contributed by atoms with E-state index in [1.54, 1.807) is 12.1 Å². The van der Waals surface area contributed by atoms with Crippen molar-refractivity contribution in [2.45, 2.75) is 32.9 Å². The summed E-state index contributed by atoms with van der Waals surface area (Å²) in [6.07, 6.45) is 2.09. The third-order valence-electron chi connectivity index (χ3n) is 3.90. The van der Waals surface area contributed by atoms with E-state index in [-0.39, 0.29) is 18.5 Å². The van der Waals surface area contributed by atoms with Crippen LogP contribution in [0.4, 0.5) is 0 Å². The minimum absolute atomic E-state index is 0.169. The molecule has 0 saturated heterocycles. The van der Waals surface area contributed by atoms with E-state index >= 15 is 0 Å². The number of carboxylic acid groups (broad SMARTS) is 1. The number of nitrogens with zero attached hydrogens (tertiary/aromatic N) is 2. The smallest absolute Gasteiger partial charge is 0.323 e. The fourth-order valence-corrected chi connectivity index (χ4v) is 2.28. The van der Waals surface area contributed by atoms with Crippen molar-refractivity contribution in [2.75, 3.05) is 6.54 Å². The standard InChI is InChI=1S/C19H22N2O4/c1-3-14(2)21(12-18(22)23)19(24)16-9-10-17(20-11-16)25-13-15-7-5-4-6-8-15/h4-11,14H,3,12-13H2,1-2H3,(H,22,23). The summed E-state index contributed by atoms with van der Waals surface area (Å²) in [6, 6.07) is 12.7.